The van der Waals surface area contributed by atoms with Crippen molar-refractivity contribution in [1.82, 2.24) is 4.98 Å². The number of rotatable bonds is 7. The molecule has 0 unspecified atom stereocenters. The first-order valence-electron chi connectivity index (χ1n) is 16.4. The van der Waals surface area contributed by atoms with Crippen LogP contribution >= 0.6 is 0 Å². The van der Waals surface area contributed by atoms with Crippen molar-refractivity contribution in [3.8, 4) is 78.1 Å². The standard InChI is InChI=1S/C47H33N/c1-4-14-34(15-5-1)37-20-10-22-39(28-37)41-24-12-26-43(30-41)45-32-46(36-18-8-3-9-19-36)48-47(33-45)44-27-13-25-42(31-44)40-23-11-21-38(29-40)35-16-6-2-7-17-35/h1-33H. The molecule has 0 aliphatic carbocycles. The van der Waals surface area contributed by atoms with Crippen molar-refractivity contribution in [2.75, 3.05) is 0 Å². The van der Waals surface area contributed by atoms with Crippen LogP contribution in [-0.2, 0) is 0 Å². The highest BCUT2D eigenvalue weighted by Crippen LogP contribution is 2.35. The average Bonchev–Trinajstić information content (AvgIpc) is 3.19. The third-order valence-electron chi connectivity index (χ3n) is 8.86. The zero-order valence-corrected chi connectivity index (χ0v) is 26.5. The molecule has 0 bridgehead atoms. The van der Waals surface area contributed by atoms with E-state index in [4.69, 9.17) is 4.98 Å². The van der Waals surface area contributed by atoms with Gasteiger partial charge in [-0.15, -0.1) is 0 Å². The van der Waals surface area contributed by atoms with E-state index in [2.05, 4.69) is 194 Å². The van der Waals surface area contributed by atoms with Crippen LogP contribution in [0.25, 0.3) is 78.1 Å². The normalized spacial score (nSPS) is 10.9. The van der Waals surface area contributed by atoms with Crippen molar-refractivity contribution in [3.63, 3.8) is 0 Å². The summed E-state index contributed by atoms with van der Waals surface area (Å²) in [7, 11) is 0. The monoisotopic (exact) mass is 611 g/mol. The second-order valence-corrected chi connectivity index (χ2v) is 12.0. The minimum Gasteiger partial charge on any atom is -0.248 e. The minimum atomic E-state index is 0.948. The average molecular weight is 612 g/mol. The lowest BCUT2D eigenvalue weighted by Gasteiger charge is -2.13. The zero-order valence-electron chi connectivity index (χ0n) is 26.5. The van der Waals surface area contributed by atoms with Gasteiger partial charge in [0.25, 0.3) is 0 Å². The lowest BCUT2D eigenvalue weighted by atomic mass is 9.94. The number of hydrogen-bond acceptors (Lipinski definition) is 1. The topological polar surface area (TPSA) is 12.9 Å². The number of pyridine rings is 1. The molecule has 1 heteroatoms. The van der Waals surface area contributed by atoms with Crippen LogP contribution in [0.3, 0.4) is 0 Å². The first kappa shape index (κ1) is 29.1. The summed E-state index contributed by atoms with van der Waals surface area (Å²) < 4.78 is 0. The van der Waals surface area contributed by atoms with E-state index in [1.165, 1.54) is 44.5 Å². The molecule has 0 aliphatic heterocycles. The number of aromatic nitrogens is 1. The Bertz CT molecular complexity index is 2180. The van der Waals surface area contributed by atoms with Gasteiger partial charge in [0.1, 0.15) is 0 Å². The molecule has 8 rings (SSSR count). The highest BCUT2D eigenvalue weighted by Gasteiger charge is 2.12. The predicted molar refractivity (Wildman–Crippen MR) is 202 cm³/mol. The molecule has 0 aliphatic rings. The molecule has 0 saturated carbocycles. The molecule has 0 saturated heterocycles. The van der Waals surface area contributed by atoms with E-state index in [9.17, 15) is 0 Å². The Labute approximate surface area is 282 Å². The van der Waals surface area contributed by atoms with Gasteiger partial charge in [-0.25, -0.2) is 4.98 Å². The fourth-order valence-corrected chi connectivity index (χ4v) is 6.36. The molecule has 0 atom stereocenters. The van der Waals surface area contributed by atoms with E-state index in [1.807, 2.05) is 6.07 Å². The Hall–Kier alpha value is -6.31. The number of hydrogen-bond donors (Lipinski definition) is 0. The van der Waals surface area contributed by atoms with E-state index >= 15 is 0 Å². The Morgan fingerprint density at radius 1 is 0.188 bits per heavy atom. The van der Waals surface area contributed by atoms with Gasteiger partial charge >= 0.3 is 0 Å². The molecular formula is C47H33N. The van der Waals surface area contributed by atoms with E-state index in [0.717, 1.165) is 33.6 Å². The van der Waals surface area contributed by atoms with Gasteiger partial charge < -0.3 is 0 Å². The van der Waals surface area contributed by atoms with Gasteiger partial charge in [0.15, 0.2) is 0 Å². The van der Waals surface area contributed by atoms with Crippen LogP contribution < -0.4 is 0 Å². The number of benzene rings is 7. The SMILES string of the molecule is c1ccc(-c2cccc(-c3cccc(-c4cc(-c5ccccc5)nc(-c5cccc(-c6cccc(-c7ccccc7)c6)c5)c4)c3)c2)cc1. The molecule has 1 aromatic heterocycles. The fourth-order valence-electron chi connectivity index (χ4n) is 6.36. The van der Waals surface area contributed by atoms with Crippen LogP contribution in [0.4, 0.5) is 0 Å². The first-order chi connectivity index (χ1) is 23.8. The fraction of sp³-hybridized carbons (Fsp3) is 0. The largest absolute Gasteiger partial charge is 0.248 e. The highest BCUT2D eigenvalue weighted by molar-refractivity contribution is 5.82. The van der Waals surface area contributed by atoms with Gasteiger partial charge in [0, 0.05) is 11.1 Å². The van der Waals surface area contributed by atoms with Crippen LogP contribution in [-0.4, -0.2) is 4.98 Å². The van der Waals surface area contributed by atoms with Gasteiger partial charge in [-0.2, -0.15) is 0 Å². The second-order valence-electron chi connectivity index (χ2n) is 12.0. The molecule has 48 heavy (non-hydrogen) atoms. The van der Waals surface area contributed by atoms with Gasteiger partial charge in [0.05, 0.1) is 11.4 Å². The lowest BCUT2D eigenvalue weighted by molar-refractivity contribution is 1.32. The summed E-state index contributed by atoms with van der Waals surface area (Å²) in [5.74, 6) is 0. The molecule has 0 amide bonds. The molecule has 0 spiro atoms. The van der Waals surface area contributed by atoms with Crippen LogP contribution in [0.2, 0.25) is 0 Å². The molecule has 226 valence electrons. The quantitative estimate of drug-likeness (QED) is 0.175. The van der Waals surface area contributed by atoms with Gasteiger partial charge in [-0.1, -0.05) is 164 Å². The molecule has 1 nitrogen and oxygen atoms in total. The summed E-state index contributed by atoms with van der Waals surface area (Å²) in [5, 5.41) is 0. The number of nitrogens with zero attached hydrogens (tertiary/aromatic N) is 1. The molecule has 8 aromatic rings. The summed E-state index contributed by atoms with van der Waals surface area (Å²) in [6.07, 6.45) is 0. The van der Waals surface area contributed by atoms with E-state index < -0.39 is 0 Å². The second kappa shape index (κ2) is 13.2. The molecule has 1 heterocycles. The summed E-state index contributed by atoms with van der Waals surface area (Å²) in [4.78, 5) is 5.23. The molecule has 0 radical (unpaired) electrons. The lowest BCUT2D eigenvalue weighted by Crippen LogP contribution is -1.92. The van der Waals surface area contributed by atoms with Crippen molar-refractivity contribution < 1.29 is 0 Å². The summed E-state index contributed by atoms with van der Waals surface area (Å²) in [6, 6.07) is 71.1. The van der Waals surface area contributed by atoms with Gasteiger partial charge in [-0.3, -0.25) is 0 Å². The van der Waals surface area contributed by atoms with Crippen molar-refractivity contribution in [1.29, 1.82) is 0 Å². The first-order valence-corrected chi connectivity index (χ1v) is 16.4. The Morgan fingerprint density at radius 3 is 0.875 bits per heavy atom. The minimum absolute atomic E-state index is 0.948. The highest BCUT2D eigenvalue weighted by atomic mass is 14.7. The summed E-state index contributed by atoms with van der Waals surface area (Å²) in [5.41, 5.74) is 16.0. The van der Waals surface area contributed by atoms with E-state index in [-0.39, 0.29) is 0 Å². The van der Waals surface area contributed by atoms with Gasteiger partial charge in [-0.05, 0) is 92.0 Å². The Morgan fingerprint density at radius 2 is 0.458 bits per heavy atom. The maximum absolute atomic E-state index is 5.23. The molecule has 0 N–H and O–H groups in total. The van der Waals surface area contributed by atoms with Crippen molar-refractivity contribution in [3.05, 3.63) is 200 Å². The maximum atomic E-state index is 5.23. The smallest absolute Gasteiger partial charge is 0.0715 e. The molecular weight excluding hydrogens is 579 g/mol. The van der Waals surface area contributed by atoms with E-state index in [0.29, 0.717) is 0 Å². The molecule has 7 aromatic carbocycles. The Kier molecular flexibility index (Phi) is 8.01. The van der Waals surface area contributed by atoms with E-state index in [1.54, 1.807) is 0 Å². The predicted octanol–water partition coefficient (Wildman–Crippen LogP) is 12.8. The third kappa shape index (κ3) is 6.23. The maximum Gasteiger partial charge on any atom is 0.0715 e. The zero-order chi connectivity index (χ0) is 32.1. The molecule has 0 fully saturated rings. The van der Waals surface area contributed by atoms with Crippen molar-refractivity contribution in [2.45, 2.75) is 0 Å². The van der Waals surface area contributed by atoms with Gasteiger partial charge in [0.2, 0.25) is 0 Å². The van der Waals surface area contributed by atoms with Crippen LogP contribution in [0.15, 0.2) is 200 Å². The van der Waals surface area contributed by atoms with Crippen molar-refractivity contribution in [2.24, 2.45) is 0 Å². The Balaban J connectivity index is 1.20. The van der Waals surface area contributed by atoms with Crippen LogP contribution in [0.5, 0.6) is 0 Å². The van der Waals surface area contributed by atoms with Crippen LogP contribution in [0.1, 0.15) is 0 Å². The van der Waals surface area contributed by atoms with Crippen molar-refractivity contribution >= 4 is 0 Å². The van der Waals surface area contributed by atoms with Crippen LogP contribution in [0, 0.1) is 0 Å². The third-order valence-corrected chi connectivity index (χ3v) is 8.86. The summed E-state index contributed by atoms with van der Waals surface area (Å²) >= 11 is 0. The summed E-state index contributed by atoms with van der Waals surface area (Å²) in [6.45, 7) is 0.